The summed E-state index contributed by atoms with van der Waals surface area (Å²) in [6, 6.07) is 7.66. The van der Waals surface area contributed by atoms with E-state index in [1.54, 1.807) is 6.07 Å². The van der Waals surface area contributed by atoms with Gasteiger partial charge in [-0.2, -0.15) is 5.26 Å². The smallest absolute Gasteiger partial charge is 0.101 e. The second kappa shape index (κ2) is 5.70. The van der Waals surface area contributed by atoms with Gasteiger partial charge in [-0.3, -0.25) is 0 Å². The van der Waals surface area contributed by atoms with Crippen LogP contribution in [0.3, 0.4) is 0 Å². The molecule has 0 saturated heterocycles. The Morgan fingerprint density at radius 3 is 2.56 bits per heavy atom. The molecule has 0 aliphatic carbocycles. The van der Waals surface area contributed by atoms with E-state index in [0.717, 1.165) is 11.3 Å². The number of nitrogens with zero attached hydrogens (tertiary/aromatic N) is 2. The van der Waals surface area contributed by atoms with Crippen molar-refractivity contribution in [3.05, 3.63) is 42.0 Å². The summed E-state index contributed by atoms with van der Waals surface area (Å²) in [4.78, 5) is 2.12. The Bertz CT molecular complexity index is 466. The average molecular weight is 244 g/mol. The van der Waals surface area contributed by atoms with Crippen molar-refractivity contribution in [1.82, 2.24) is 0 Å². The largest absolute Gasteiger partial charge is 0.392 e. The predicted molar refractivity (Wildman–Crippen MR) is 74.4 cm³/mol. The van der Waals surface area contributed by atoms with Gasteiger partial charge in [0.15, 0.2) is 0 Å². The first-order valence-corrected chi connectivity index (χ1v) is 5.96. The molecule has 96 valence electrons. The summed E-state index contributed by atoms with van der Waals surface area (Å²) in [7, 11) is 0. The first-order valence-electron chi connectivity index (χ1n) is 5.96. The highest BCUT2D eigenvalue weighted by molar-refractivity contribution is 5.62. The summed E-state index contributed by atoms with van der Waals surface area (Å²) in [5, 5.41) is 18.3. The van der Waals surface area contributed by atoms with Crippen molar-refractivity contribution in [3.63, 3.8) is 0 Å². The lowest BCUT2D eigenvalue weighted by Gasteiger charge is -2.37. The first kappa shape index (κ1) is 14.3. The Hall–Kier alpha value is -1.79. The van der Waals surface area contributed by atoms with E-state index < -0.39 is 0 Å². The number of nitriles is 1. The molecule has 0 atom stereocenters. The van der Waals surface area contributed by atoms with Crippen LogP contribution in [0.2, 0.25) is 0 Å². The van der Waals surface area contributed by atoms with E-state index in [9.17, 15) is 5.26 Å². The van der Waals surface area contributed by atoms with Crippen LogP contribution in [-0.4, -0.2) is 17.2 Å². The second-order valence-electron chi connectivity index (χ2n) is 5.19. The number of benzene rings is 1. The van der Waals surface area contributed by atoms with Crippen molar-refractivity contribution in [1.29, 1.82) is 5.26 Å². The molecule has 18 heavy (non-hydrogen) atoms. The summed E-state index contributed by atoms with van der Waals surface area (Å²) < 4.78 is 0. The van der Waals surface area contributed by atoms with Gasteiger partial charge in [-0.15, -0.1) is 6.58 Å². The van der Waals surface area contributed by atoms with Crippen LogP contribution in [0.1, 0.15) is 31.9 Å². The van der Waals surface area contributed by atoms with E-state index in [4.69, 9.17) is 5.11 Å². The molecule has 0 heterocycles. The predicted octanol–water partition coefficient (Wildman–Crippen LogP) is 2.84. The minimum atomic E-state index is -0.0967. The second-order valence-corrected chi connectivity index (χ2v) is 5.19. The lowest BCUT2D eigenvalue weighted by atomic mass is 10.0. The average Bonchev–Trinajstić information content (AvgIpc) is 2.34. The molecular formula is C15H20N2O. The van der Waals surface area contributed by atoms with E-state index in [2.05, 4.69) is 38.3 Å². The number of aliphatic hydroxyl groups is 1. The third-order valence-corrected chi connectivity index (χ3v) is 2.78. The molecule has 0 aliphatic heterocycles. The molecule has 1 N–H and O–H groups in total. The van der Waals surface area contributed by atoms with E-state index in [0.29, 0.717) is 12.1 Å². The Labute approximate surface area is 109 Å². The zero-order chi connectivity index (χ0) is 13.8. The number of hydrogen-bond acceptors (Lipinski definition) is 3. The van der Waals surface area contributed by atoms with Gasteiger partial charge in [0.25, 0.3) is 0 Å². The maximum atomic E-state index is 9.24. The summed E-state index contributed by atoms with van der Waals surface area (Å²) in [5.74, 6) is 0. The van der Waals surface area contributed by atoms with Crippen LogP contribution in [0.25, 0.3) is 0 Å². The van der Waals surface area contributed by atoms with E-state index >= 15 is 0 Å². The van der Waals surface area contributed by atoms with E-state index in [1.807, 2.05) is 18.2 Å². The van der Waals surface area contributed by atoms with Crippen molar-refractivity contribution >= 4 is 5.69 Å². The van der Waals surface area contributed by atoms with Gasteiger partial charge >= 0.3 is 0 Å². The van der Waals surface area contributed by atoms with Crippen LogP contribution in [0, 0.1) is 11.3 Å². The molecule has 0 spiro atoms. The first-order chi connectivity index (χ1) is 8.43. The molecule has 1 aromatic carbocycles. The summed E-state index contributed by atoms with van der Waals surface area (Å²) in [6.45, 7) is 10.7. The Morgan fingerprint density at radius 2 is 2.11 bits per heavy atom. The standard InChI is InChI=1S/C15H20N2O/c1-5-8-17(15(2,3)4)14-7-6-12(11-18)9-13(14)10-16/h5-7,9,18H,1,8,11H2,2-4H3. The van der Waals surface area contributed by atoms with Crippen molar-refractivity contribution < 1.29 is 5.11 Å². The molecule has 0 unspecified atom stereocenters. The minimum absolute atomic E-state index is 0.0497. The van der Waals surface area contributed by atoms with Crippen molar-refractivity contribution in [2.24, 2.45) is 0 Å². The highest BCUT2D eigenvalue weighted by Gasteiger charge is 2.22. The number of hydrogen-bond donors (Lipinski definition) is 1. The van der Waals surface area contributed by atoms with Crippen molar-refractivity contribution in [2.45, 2.75) is 32.9 Å². The van der Waals surface area contributed by atoms with Gasteiger partial charge < -0.3 is 10.0 Å². The van der Waals surface area contributed by atoms with Crippen LogP contribution in [0.5, 0.6) is 0 Å². The fraction of sp³-hybridized carbons (Fsp3) is 0.400. The molecule has 0 amide bonds. The van der Waals surface area contributed by atoms with Crippen LogP contribution < -0.4 is 4.90 Å². The van der Waals surface area contributed by atoms with Gasteiger partial charge in [-0.1, -0.05) is 12.1 Å². The third-order valence-electron chi connectivity index (χ3n) is 2.78. The highest BCUT2D eigenvalue weighted by Crippen LogP contribution is 2.28. The van der Waals surface area contributed by atoms with Crippen molar-refractivity contribution in [2.75, 3.05) is 11.4 Å². The monoisotopic (exact) mass is 244 g/mol. The van der Waals surface area contributed by atoms with Gasteiger partial charge in [0.05, 0.1) is 17.9 Å². The normalized spacial score (nSPS) is 10.8. The maximum Gasteiger partial charge on any atom is 0.101 e. The fourth-order valence-corrected chi connectivity index (χ4v) is 1.87. The lowest BCUT2D eigenvalue weighted by Crippen LogP contribution is -2.42. The quantitative estimate of drug-likeness (QED) is 0.828. The van der Waals surface area contributed by atoms with Gasteiger partial charge in [-0.25, -0.2) is 0 Å². The van der Waals surface area contributed by atoms with Gasteiger partial charge in [-0.05, 0) is 38.5 Å². The molecule has 1 rings (SSSR count). The number of anilines is 1. The van der Waals surface area contributed by atoms with E-state index in [1.165, 1.54) is 0 Å². The zero-order valence-corrected chi connectivity index (χ0v) is 11.3. The molecule has 0 aromatic heterocycles. The van der Waals surface area contributed by atoms with Gasteiger partial charge in [0, 0.05) is 12.1 Å². The molecule has 3 nitrogen and oxygen atoms in total. The van der Waals surface area contributed by atoms with Crippen LogP contribution in [-0.2, 0) is 6.61 Å². The molecular weight excluding hydrogens is 224 g/mol. The highest BCUT2D eigenvalue weighted by atomic mass is 16.3. The van der Waals surface area contributed by atoms with Gasteiger partial charge in [0.2, 0.25) is 0 Å². The van der Waals surface area contributed by atoms with Gasteiger partial charge in [0.1, 0.15) is 6.07 Å². The molecule has 0 bridgehead atoms. The minimum Gasteiger partial charge on any atom is -0.392 e. The van der Waals surface area contributed by atoms with Crippen LogP contribution in [0.15, 0.2) is 30.9 Å². The van der Waals surface area contributed by atoms with Crippen molar-refractivity contribution in [3.8, 4) is 6.07 Å². The zero-order valence-electron chi connectivity index (χ0n) is 11.3. The molecule has 3 heteroatoms. The maximum absolute atomic E-state index is 9.24. The SMILES string of the molecule is C=CCN(c1ccc(CO)cc1C#N)C(C)(C)C. The Kier molecular flexibility index (Phi) is 4.52. The molecule has 0 radical (unpaired) electrons. The Morgan fingerprint density at radius 1 is 1.44 bits per heavy atom. The summed E-state index contributed by atoms with van der Waals surface area (Å²) in [5.41, 5.74) is 2.11. The summed E-state index contributed by atoms with van der Waals surface area (Å²) in [6.07, 6.45) is 1.83. The molecule has 0 saturated carbocycles. The number of rotatable bonds is 4. The lowest BCUT2D eigenvalue weighted by molar-refractivity contribution is 0.282. The van der Waals surface area contributed by atoms with Crippen LogP contribution in [0.4, 0.5) is 5.69 Å². The topological polar surface area (TPSA) is 47.3 Å². The number of aliphatic hydroxyl groups excluding tert-OH is 1. The molecule has 0 fully saturated rings. The fourth-order valence-electron chi connectivity index (χ4n) is 1.87. The molecule has 1 aromatic rings. The van der Waals surface area contributed by atoms with Crippen LogP contribution >= 0.6 is 0 Å². The Balaban J connectivity index is 3.29. The summed E-state index contributed by atoms with van der Waals surface area (Å²) >= 11 is 0. The third kappa shape index (κ3) is 3.12. The van der Waals surface area contributed by atoms with E-state index in [-0.39, 0.29) is 12.1 Å². The molecule has 0 aliphatic rings.